The molecule has 1 heterocycles. The highest BCUT2D eigenvalue weighted by Crippen LogP contribution is 2.35. The Hall–Kier alpha value is -1.76. The molecule has 0 unspecified atom stereocenters. The van der Waals surface area contributed by atoms with Gasteiger partial charge >= 0.3 is 0 Å². The van der Waals surface area contributed by atoms with E-state index < -0.39 is 0 Å². The Balaban J connectivity index is 2.58. The molecule has 0 fully saturated rings. The van der Waals surface area contributed by atoms with Gasteiger partial charge in [-0.05, 0) is 23.8 Å². The second-order valence-electron chi connectivity index (χ2n) is 3.86. The van der Waals surface area contributed by atoms with Crippen molar-refractivity contribution in [2.24, 2.45) is 0 Å². The lowest BCUT2D eigenvalue weighted by Crippen LogP contribution is -1.94. The Kier molecular flexibility index (Phi) is 4.26. The van der Waals surface area contributed by atoms with E-state index in [0.29, 0.717) is 15.9 Å². The van der Waals surface area contributed by atoms with E-state index in [1.807, 2.05) is 6.07 Å². The molecule has 0 saturated heterocycles. The molecule has 96 valence electrons. The van der Waals surface area contributed by atoms with E-state index in [1.165, 1.54) is 0 Å². The zero-order valence-corrected chi connectivity index (χ0v) is 11.7. The fraction of sp³-hybridized carbons (Fsp3) is 0.143. The molecule has 0 N–H and O–H groups in total. The average molecular weight is 293 g/mol. The number of hydrogen-bond acceptors (Lipinski definition) is 3. The van der Waals surface area contributed by atoms with E-state index in [0.717, 1.165) is 16.7 Å². The van der Waals surface area contributed by atoms with Crippen LogP contribution in [0, 0.1) is 11.3 Å². The number of rotatable bonds is 3. The summed E-state index contributed by atoms with van der Waals surface area (Å²) in [7, 11) is 1.54. The lowest BCUT2D eigenvalue weighted by molar-refractivity contribution is 0.399. The highest BCUT2D eigenvalue weighted by atomic mass is 35.5. The topological polar surface area (TPSA) is 45.9 Å². The van der Waals surface area contributed by atoms with Crippen LogP contribution in [0.5, 0.6) is 5.88 Å². The number of ether oxygens (including phenoxy) is 1. The van der Waals surface area contributed by atoms with Gasteiger partial charge in [0.2, 0.25) is 5.88 Å². The molecule has 2 rings (SSSR count). The molecule has 0 spiro atoms. The number of aromatic nitrogens is 1. The first-order valence-corrected chi connectivity index (χ1v) is 6.26. The van der Waals surface area contributed by atoms with Crippen molar-refractivity contribution in [1.29, 1.82) is 5.26 Å². The third kappa shape index (κ3) is 2.98. The van der Waals surface area contributed by atoms with Crippen molar-refractivity contribution in [2.75, 3.05) is 7.11 Å². The van der Waals surface area contributed by atoms with Crippen molar-refractivity contribution in [3.8, 4) is 23.1 Å². The highest BCUT2D eigenvalue weighted by Gasteiger charge is 2.12. The Morgan fingerprint density at radius 1 is 1.26 bits per heavy atom. The molecule has 3 nitrogen and oxygen atoms in total. The minimum Gasteiger partial charge on any atom is -0.481 e. The lowest BCUT2D eigenvalue weighted by Gasteiger charge is -2.10. The van der Waals surface area contributed by atoms with Crippen molar-refractivity contribution >= 4 is 23.2 Å². The van der Waals surface area contributed by atoms with Crippen molar-refractivity contribution in [3.63, 3.8) is 0 Å². The molecule has 0 aliphatic heterocycles. The van der Waals surface area contributed by atoms with Gasteiger partial charge in [-0.25, -0.2) is 4.98 Å². The summed E-state index contributed by atoms with van der Waals surface area (Å²) in [5.74, 6) is 0.464. The Bertz CT molecular complexity index is 650. The second-order valence-corrected chi connectivity index (χ2v) is 4.70. The number of pyridine rings is 1. The first-order chi connectivity index (χ1) is 9.15. The van der Waals surface area contributed by atoms with E-state index in [1.54, 1.807) is 31.5 Å². The van der Waals surface area contributed by atoms with Crippen LogP contribution in [0.15, 0.2) is 30.5 Å². The van der Waals surface area contributed by atoms with Gasteiger partial charge < -0.3 is 4.74 Å². The van der Waals surface area contributed by atoms with Crippen molar-refractivity contribution in [2.45, 2.75) is 6.42 Å². The van der Waals surface area contributed by atoms with Gasteiger partial charge in [0.05, 0.1) is 24.6 Å². The van der Waals surface area contributed by atoms with E-state index in [2.05, 4.69) is 11.1 Å². The maximum atomic E-state index is 8.75. The van der Waals surface area contributed by atoms with Gasteiger partial charge in [0.1, 0.15) is 0 Å². The van der Waals surface area contributed by atoms with Crippen LogP contribution in [0.25, 0.3) is 11.1 Å². The summed E-state index contributed by atoms with van der Waals surface area (Å²) in [4.78, 5) is 4.19. The van der Waals surface area contributed by atoms with Gasteiger partial charge in [-0.2, -0.15) is 5.26 Å². The van der Waals surface area contributed by atoms with E-state index in [-0.39, 0.29) is 6.42 Å². The third-order valence-corrected chi connectivity index (χ3v) is 3.15. The van der Waals surface area contributed by atoms with Crippen LogP contribution in [0.4, 0.5) is 0 Å². The van der Waals surface area contributed by atoms with E-state index >= 15 is 0 Å². The molecule has 0 bridgehead atoms. The molecule has 0 amide bonds. The number of benzene rings is 1. The van der Waals surface area contributed by atoms with Crippen LogP contribution in [0.3, 0.4) is 0 Å². The molecule has 0 radical (unpaired) electrons. The predicted octanol–water partition coefficient (Wildman–Crippen LogP) is 4.13. The van der Waals surface area contributed by atoms with Gasteiger partial charge in [0.25, 0.3) is 0 Å². The lowest BCUT2D eigenvalue weighted by atomic mass is 10.0. The smallest absolute Gasteiger partial charge is 0.221 e. The van der Waals surface area contributed by atoms with Crippen LogP contribution in [0.1, 0.15) is 5.56 Å². The largest absolute Gasteiger partial charge is 0.481 e. The summed E-state index contributed by atoms with van der Waals surface area (Å²) >= 11 is 12.1. The van der Waals surface area contributed by atoms with Crippen LogP contribution < -0.4 is 4.74 Å². The van der Waals surface area contributed by atoms with Crippen LogP contribution in [0.2, 0.25) is 10.0 Å². The summed E-state index contributed by atoms with van der Waals surface area (Å²) < 4.78 is 5.23. The molecular weight excluding hydrogens is 283 g/mol. The van der Waals surface area contributed by atoms with E-state index in [4.69, 9.17) is 33.2 Å². The second kappa shape index (κ2) is 5.92. The van der Waals surface area contributed by atoms with Crippen LogP contribution in [-0.2, 0) is 6.42 Å². The minimum absolute atomic E-state index is 0.287. The minimum atomic E-state index is 0.287. The normalized spacial score (nSPS) is 10.0. The molecule has 0 aliphatic rings. The monoisotopic (exact) mass is 292 g/mol. The average Bonchev–Trinajstić information content (AvgIpc) is 2.39. The number of hydrogen-bond donors (Lipinski definition) is 0. The molecule has 0 aliphatic carbocycles. The van der Waals surface area contributed by atoms with Gasteiger partial charge in [-0.15, -0.1) is 0 Å². The summed E-state index contributed by atoms with van der Waals surface area (Å²) in [5.41, 5.74) is 2.33. The van der Waals surface area contributed by atoms with Gasteiger partial charge in [-0.1, -0.05) is 29.3 Å². The standard InChI is InChI=1S/C14H10Cl2N2O/c1-19-14-12(6-9(4-5-17)8-18-14)11-3-2-10(15)7-13(11)16/h2-3,6-8H,4H2,1H3. The first-order valence-electron chi connectivity index (χ1n) is 5.51. The molecule has 5 heteroatoms. The maximum Gasteiger partial charge on any atom is 0.221 e. The highest BCUT2D eigenvalue weighted by molar-refractivity contribution is 6.36. The number of methoxy groups -OCH3 is 1. The Labute approximate surface area is 121 Å². The summed E-state index contributed by atoms with van der Waals surface area (Å²) in [6.45, 7) is 0. The zero-order chi connectivity index (χ0) is 13.8. The van der Waals surface area contributed by atoms with Gasteiger partial charge in [0, 0.05) is 22.3 Å². The van der Waals surface area contributed by atoms with Crippen LogP contribution >= 0.6 is 23.2 Å². The molecule has 2 aromatic rings. The summed E-state index contributed by atoms with van der Waals surface area (Å²) in [6.07, 6.45) is 1.91. The first kappa shape index (κ1) is 13.7. The molecule has 1 aromatic heterocycles. The molecule has 19 heavy (non-hydrogen) atoms. The van der Waals surface area contributed by atoms with Crippen molar-refractivity contribution < 1.29 is 4.74 Å². The maximum absolute atomic E-state index is 8.75. The van der Waals surface area contributed by atoms with E-state index in [9.17, 15) is 0 Å². The quantitative estimate of drug-likeness (QED) is 0.854. The fourth-order valence-electron chi connectivity index (χ4n) is 1.75. The number of nitrogens with zero attached hydrogens (tertiary/aromatic N) is 2. The number of halogens is 2. The third-order valence-electron chi connectivity index (χ3n) is 2.61. The SMILES string of the molecule is COc1ncc(CC#N)cc1-c1ccc(Cl)cc1Cl. The van der Waals surface area contributed by atoms with Crippen LogP contribution in [-0.4, -0.2) is 12.1 Å². The zero-order valence-electron chi connectivity index (χ0n) is 10.2. The molecule has 0 saturated carbocycles. The Morgan fingerprint density at radius 3 is 2.68 bits per heavy atom. The predicted molar refractivity (Wildman–Crippen MR) is 75.6 cm³/mol. The van der Waals surface area contributed by atoms with Gasteiger partial charge in [0.15, 0.2) is 0 Å². The van der Waals surface area contributed by atoms with Crippen molar-refractivity contribution in [1.82, 2.24) is 4.98 Å². The molecular formula is C14H10Cl2N2O. The number of nitriles is 1. The fourth-order valence-corrected chi connectivity index (χ4v) is 2.26. The summed E-state index contributed by atoms with van der Waals surface area (Å²) in [5, 5.41) is 9.83. The summed E-state index contributed by atoms with van der Waals surface area (Å²) in [6, 6.07) is 9.16. The molecule has 0 atom stereocenters. The molecule has 1 aromatic carbocycles. The van der Waals surface area contributed by atoms with Gasteiger partial charge in [-0.3, -0.25) is 0 Å². The Morgan fingerprint density at radius 2 is 2.05 bits per heavy atom. The van der Waals surface area contributed by atoms with Crippen molar-refractivity contribution in [3.05, 3.63) is 46.1 Å².